The average molecular weight is 608 g/mol. The molecule has 2 amide bonds. The smallest absolute Gasteiger partial charge is 0.244 e. The van der Waals surface area contributed by atoms with Crippen molar-refractivity contribution in [2.24, 2.45) is 0 Å². The number of hydrogen-bond donors (Lipinski definition) is 1. The Kier molecular flexibility index (Phi) is 10.7. The Morgan fingerprint density at radius 1 is 0.907 bits per heavy atom. The van der Waals surface area contributed by atoms with E-state index in [9.17, 15) is 18.0 Å². The number of nitrogens with zero attached hydrogens (tertiary/aromatic N) is 2. The number of carbonyl (C=O) groups is 2. The quantitative estimate of drug-likeness (QED) is 0.307. The van der Waals surface area contributed by atoms with Crippen LogP contribution >= 0.6 is 0 Å². The van der Waals surface area contributed by atoms with Crippen molar-refractivity contribution < 1.29 is 27.5 Å². The number of rotatable bonds is 13. The molecule has 0 radical (unpaired) electrons. The number of aryl methyl sites for hydroxylation is 1. The minimum Gasteiger partial charge on any atom is -0.486 e. The first-order chi connectivity index (χ1) is 20.6. The van der Waals surface area contributed by atoms with Crippen molar-refractivity contribution in [3.8, 4) is 11.5 Å². The molecular formula is C33H41N3O6S. The summed E-state index contributed by atoms with van der Waals surface area (Å²) in [6.45, 7) is 7.78. The Labute approximate surface area is 254 Å². The molecule has 43 heavy (non-hydrogen) atoms. The van der Waals surface area contributed by atoms with Gasteiger partial charge in [0.2, 0.25) is 21.8 Å². The van der Waals surface area contributed by atoms with E-state index in [1.165, 1.54) is 11.8 Å². The normalized spacial score (nSPS) is 14.0. The van der Waals surface area contributed by atoms with Crippen LogP contribution in [0.15, 0.2) is 72.8 Å². The molecule has 4 rings (SSSR count). The van der Waals surface area contributed by atoms with Crippen LogP contribution in [0.1, 0.15) is 43.9 Å². The molecule has 1 aliphatic rings. The summed E-state index contributed by atoms with van der Waals surface area (Å²) in [5.74, 6) is -0.0638. The molecule has 0 saturated heterocycles. The maximum Gasteiger partial charge on any atom is 0.244 e. The number of ether oxygens (including phenoxy) is 2. The predicted molar refractivity (Wildman–Crippen MR) is 168 cm³/mol. The minimum absolute atomic E-state index is 0.101. The van der Waals surface area contributed by atoms with Gasteiger partial charge in [-0.05, 0) is 50.5 Å². The third-order valence-corrected chi connectivity index (χ3v) is 9.24. The van der Waals surface area contributed by atoms with E-state index < -0.39 is 28.5 Å². The van der Waals surface area contributed by atoms with Crippen molar-refractivity contribution in [3.63, 3.8) is 0 Å². The van der Waals surface area contributed by atoms with Gasteiger partial charge in [-0.25, -0.2) is 8.42 Å². The summed E-state index contributed by atoms with van der Waals surface area (Å²) in [5.41, 5.74) is 3.03. The predicted octanol–water partition coefficient (Wildman–Crippen LogP) is 4.48. The molecule has 0 saturated carbocycles. The second-order valence-corrected chi connectivity index (χ2v) is 13.0. The highest BCUT2D eigenvalue weighted by atomic mass is 32.2. The Morgan fingerprint density at radius 2 is 1.60 bits per heavy atom. The summed E-state index contributed by atoms with van der Waals surface area (Å²) in [5, 5.41) is 3.05. The van der Waals surface area contributed by atoms with Crippen LogP contribution in [-0.2, 0) is 32.6 Å². The molecule has 1 N–H and O–H groups in total. The van der Waals surface area contributed by atoms with Crippen LogP contribution in [0.4, 0.5) is 5.69 Å². The van der Waals surface area contributed by atoms with Gasteiger partial charge in [0.05, 0.1) is 11.4 Å². The maximum absolute atomic E-state index is 14.3. The summed E-state index contributed by atoms with van der Waals surface area (Å²) in [4.78, 5) is 29.7. The van der Waals surface area contributed by atoms with Gasteiger partial charge in [0, 0.05) is 25.1 Å². The fraction of sp³-hybridized carbons (Fsp3) is 0.394. The lowest BCUT2D eigenvalue weighted by atomic mass is 10.0. The van der Waals surface area contributed by atoms with Crippen LogP contribution in [0.2, 0.25) is 0 Å². The lowest BCUT2D eigenvalue weighted by molar-refractivity contribution is -0.140. The largest absolute Gasteiger partial charge is 0.486 e. The molecule has 0 bridgehead atoms. The van der Waals surface area contributed by atoms with Crippen molar-refractivity contribution in [2.45, 2.75) is 59.2 Å². The second-order valence-electron chi connectivity index (χ2n) is 10.8. The zero-order valence-corrected chi connectivity index (χ0v) is 26.1. The molecule has 0 fully saturated rings. The Balaban J connectivity index is 1.75. The van der Waals surface area contributed by atoms with Gasteiger partial charge in [0.25, 0.3) is 0 Å². The Morgan fingerprint density at radius 3 is 2.28 bits per heavy atom. The highest BCUT2D eigenvalue weighted by molar-refractivity contribution is 7.92. The van der Waals surface area contributed by atoms with Crippen molar-refractivity contribution in [2.75, 3.05) is 29.8 Å². The molecule has 3 aromatic carbocycles. The molecule has 9 nitrogen and oxygen atoms in total. The fourth-order valence-electron chi connectivity index (χ4n) is 4.91. The number of hydrogen-bond acceptors (Lipinski definition) is 6. The highest BCUT2D eigenvalue weighted by Gasteiger charge is 2.34. The van der Waals surface area contributed by atoms with Crippen LogP contribution in [-0.4, -0.2) is 62.7 Å². The Hall–Kier alpha value is -4.05. The third kappa shape index (κ3) is 8.28. The molecule has 0 aromatic heterocycles. The first kappa shape index (κ1) is 31.9. The van der Waals surface area contributed by atoms with Crippen molar-refractivity contribution in [1.29, 1.82) is 0 Å². The zero-order valence-electron chi connectivity index (χ0n) is 25.3. The molecule has 1 heterocycles. The summed E-state index contributed by atoms with van der Waals surface area (Å²) in [6.07, 6.45) is 0.994. The van der Waals surface area contributed by atoms with Gasteiger partial charge in [-0.3, -0.25) is 13.9 Å². The van der Waals surface area contributed by atoms with Crippen LogP contribution < -0.4 is 19.1 Å². The van der Waals surface area contributed by atoms with E-state index in [2.05, 4.69) is 5.32 Å². The van der Waals surface area contributed by atoms with Crippen molar-refractivity contribution in [3.05, 3.63) is 89.5 Å². The van der Waals surface area contributed by atoms with Gasteiger partial charge in [0.1, 0.15) is 25.8 Å². The van der Waals surface area contributed by atoms with Gasteiger partial charge >= 0.3 is 0 Å². The molecule has 2 atom stereocenters. The van der Waals surface area contributed by atoms with Crippen LogP contribution in [0.25, 0.3) is 0 Å². The summed E-state index contributed by atoms with van der Waals surface area (Å²) in [7, 11) is -3.89. The van der Waals surface area contributed by atoms with Gasteiger partial charge in [-0.15, -0.1) is 0 Å². The molecule has 0 unspecified atom stereocenters. The van der Waals surface area contributed by atoms with Crippen LogP contribution in [0.3, 0.4) is 0 Å². The number of sulfonamides is 1. The van der Waals surface area contributed by atoms with E-state index in [4.69, 9.17) is 9.47 Å². The van der Waals surface area contributed by atoms with Crippen molar-refractivity contribution >= 4 is 27.5 Å². The molecule has 10 heteroatoms. The SMILES string of the molecule is CC[C@@H](C)NC(=O)[C@H](Cc1ccccc1)N(Cc1cccc(C)c1)C(=O)CN(c1ccc2c(c1)OCCO2)S(=O)(=O)CC. The van der Waals surface area contributed by atoms with E-state index >= 15 is 0 Å². The molecule has 0 aliphatic carbocycles. The number of amides is 2. The number of fused-ring (bicyclic) bond motifs is 1. The van der Waals surface area contributed by atoms with E-state index in [0.29, 0.717) is 30.4 Å². The average Bonchev–Trinajstić information content (AvgIpc) is 3.01. The topological polar surface area (TPSA) is 105 Å². The Bertz CT molecular complexity index is 1510. The lowest BCUT2D eigenvalue weighted by Crippen LogP contribution is -2.54. The third-order valence-electron chi connectivity index (χ3n) is 7.50. The van der Waals surface area contributed by atoms with Gasteiger partial charge in [0.15, 0.2) is 11.5 Å². The van der Waals surface area contributed by atoms with E-state index in [-0.39, 0.29) is 30.7 Å². The number of benzene rings is 3. The number of carbonyl (C=O) groups excluding carboxylic acids is 2. The monoisotopic (exact) mass is 607 g/mol. The first-order valence-corrected chi connectivity index (χ1v) is 16.3. The molecule has 3 aromatic rings. The number of anilines is 1. The summed E-state index contributed by atoms with van der Waals surface area (Å²) in [6, 6.07) is 21.1. The van der Waals surface area contributed by atoms with E-state index in [1.807, 2.05) is 75.4 Å². The van der Waals surface area contributed by atoms with Gasteiger partial charge in [-0.2, -0.15) is 0 Å². The molecule has 0 spiro atoms. The number of nitrogens with one attached hydrogen (secondary N) is 1. The van der Waals surface area contributed by atoms with Crippen LogP contribution in [0.5, 0.6) is 11.5 Å². The highest BCUT2D eigenvalue weighted by Crippen LogP contribution is 2.35. The fourth-order valence-corrected chi connectivity index (χ4v) is 5.96. The zero-order chi connectivity index (χ0) is 31.0. The second kappa shape index (κ2) is 14.4. The maximum atomic E-state index is 14.3. The molecule has 1 aliphatic heterocycles. The van der Waals surface area contributed by atoms with Gasteiger partial charge < -0.3 is 19.7 Å². The standard InChI is InChI=1S/C33H41N3O6S/c1-5-25(4)34-33(38)29(20-26-12-8-7-9-13-26)35(22-27-14-10-11-24(3)19-27)32(37)23-36(43(39,40)6-2)28-15-16-30-31(21-28)42-18-17-41-30/h7-16,19,21,25,29H,5-6,17-18,20,22-23H2,1-4H3,(H,34,38)/t25-,29+/m1/s1. The van der Waals surface area contributed by atoms with Crippen molar-refractivity contribution in [1.82, 2.24) is 10.2 Å². The van der Waals surface area contributed by atoms with Crippen LogP contribution in [0, 0.1) is 6.92 Å². The van der Waals surface area contributed by atoms with E-state index in [0.717, 1.165) is 27.4 Å². The first-order valence-electron chi connectivity index (χ1n) is 14.7. The van der Waals surface area contributed by atoms with E-state index in [1.54, 1.807) is 18.2 Å². The lowest BCUT2D eigenvalue weighted by Gasteiger charge is -2.34. The molecule has 230 valence electrons. The minimum atomic E-state index is -3.89. The summed E-state index contributed by atoms with van der Waals surface area (Å²) < 4.78 is 39.2. The van der Waals surface area contributed by atoms with Gasteiger partial charge in [-0.1, -0.05) is 67.1 Å². The molecular weight excluding hydrogens is 566 g/mol. The summed E-state index contributed by atoms with van der Waals surface area (Å²) >= 11 is 0.